The first-order valence-corrected chi connectivity index (χ1v) is 14.9. The van der Waals surface area contributed by atoms with Gasteiger partial charge in [0.05, 0.1) is 26.3 Å². The molecule has 1 saturated heterocycles. The average Bonchev–Trinajstić information content (AvgIpc) is 2.97. The molecule has 1 aliphatic heterocycles. The first-order chi connectivity index (χ1) is 19.7. The van der Waals surface area contributed by atoms with Gasteiger partial charge in [0.1, 0.15) is 4.90 Å². The Morgan fingerprint density at radius 1 is 0.927 bits per heavy atom. The topological polar surface area (TPSA) is 140 Å². The van der Waals surface area contributed by atoms with Gasteiger partial charge in [-0.2, -0.15) is 0 Å². The van der Waals surface area contributed by atoms with Crippen LogP contribution in [0.15, 0.2) is 71.6 Å². The molecule has 218 valence electrons. The molecule has 0 radical (unpaired) electrons. The van der Waals surface area contributed by atoms with Gasteiger partial charge >= 0.3 is 0 Å². The molecule has 0 bridgehead atoms. The van der Waals surface area contributed by atoms with Crippen LogP contribution in [0.2, 0.25) is 0 Å². The Balaban J connectivity index is 1.54. The molecule has 0 spiro atoms. The number of hydrogen-bond acceptors (Lipinski definition) is 7. The predicted molar refractivity (Wildman–Crippen MR) is 158 cm³/mol. The molecule has 10 nitrogen and oxygen atoms in total. The van der Waals surface area contributed by atoms with Crippen LogP contribution in [0.4, 0.5) is 11.4 Å². The van der Waals surface area contributed by atoms with E-state index in [1.807, 2.05) is 47.4 Å². The summed E-state index contributed by atoms with van der Waals surface area (Å²) in [7, 11) is -0.878. The Hall–Kier alpha value is -4.09. The number of sulfonamides is 1. The third-order valence-corrected chi connectivity index (χ3v) is 8.62. The molecule has 1 heterocycles. The third-order valence-electron chi connectivity index (χ3n) is 7.13. The number of nitrogens with zero attached hydrogens (tertiary/aromatic N) is 1. The molecule has 41 heavy (non-hydrogen) atoms. The van der Waals surface area contributed by atoms with Crippen molar-refractivity contribution in [3.63, 3.8) is 0 Å². The van der Waals surface area contributed by atoms with Crippen LogP contribution < -0.4 is 30.1 Å². The van der Waals surface area contributed by atoms with Crippen LogP contribution in [0.5, 0.6) is 11.5 Å². The molecule has 11 heteroatoms. The number of piperidine rings is 1. The monoisotopic (exact) mass is 580 g/mol. The number of nitrogens with two attached hydrogens (primary N) is 1. The maximum Gasteiger partial charge on any atom is 0.242 e. The van der Waals surface area contributed by atoms with E-state index in [1.165, 1.54) is 6.07 Å². The summed E-state index contributed by atoms with van der Waals surface area (Å²) < 4.78 is 40.6. The summed E-state index contributed by atoms with van der Waals surface area (Å²) in [6.45, 7) is 1.12. The molecule has 3 aromatic carbocycles. The van der Waals surface area contributed by atoms with E-state index >= 15 is 0 Å². The molecular weight excluding hydrogens is 544 g/mol. The summed E-state index contributed by atoms with van der Waals surface area (Å²) in [6, 6.07) is 19.6. The second kappa shape index (κ2) is 13.5. The summed E-state index contributed by atoms with van der Waals surface area (Å²) in [4.78, 5) is 26.4. The van der Waals surface area contributed by atoms with Gasteiger partial charge in [0.15, 0.2) is 11.5 Å². The fraction of sp³-hybridized carbons (Fsp3) is 0.333. The number of primary amides is 1. The van der Waals surface area contributed by atoms with Gasteiger partial charge < -0.3 is 25.4 Å². The number of benzene rings is 3. The quantitative estimate of drug-likeness (QED) is 0.299. The lowest BCUT2D eigenvalue weighted by Gasteiger charge is -2.33. The number of carbonyl (C=O) groups excluding carboxylic acids is 2. The molecule has 1 fully saturated rings. The maximum absolute atomic E-state index is 13.6. The van der Waals surface area contributed by atoms with Crippen molar-refractivity contribution >= 4 is 33.2 Å². The van der Waals surface area contributed by atoms with Crippen LogP contribution in [0.3, 0.4) is 0 Å². The molecule has 4 rings (SSSR count). The van der Waals surface area contributed by atoms with Crippen molar-refractivity contribution in [3.05, 3.63) is 77.9 Å². The zero-order valence-corrected chi connectivity index (χ0v) is 24.1. The van der Waals surface area contributed by atoms with Gasteiger partial charge in [-0.3, -0.25) is 9.59 Å². The van der Waals surface area contributed by atoms with Gasteiger partial charge in [-0.25, -0.2) is 13.1 Å². The summed E-state index contributed by atoms with van der Waals surface area (Å²) >= 11 is 0. The van der Waals surface area contributed by atoms with Crippen molar-refractivity contribution in [1.82, 2.24) is 4.72 Å². The number of ether oxygens (including phenoxy) is 2. The number of anilines is 2. The molecule has 4 N–H and O–H groups in total. The van der Waals surface area contributed by atoms with Gasteiger partial charge in [-0.15, -0.1) is 0 Å². The van der Waals surface area contributed by atoms with Crippen LogP contribution in [0.1, 0.15) is 24.0 Å². The molecular formula is C30H36N4O6S. The van der Waals surface area contributed by atoms with Crippen molar-refractivity contribution in [3.8, 4) is 11.5 Å². The number of carbonyl (C=O) groups is 2. The van der Waals surface area contributed by atoms with Crippen molar-refractivity contribution in [2.24, 2.45) is 11.7 Å². The fourth-order valence-electron chi connectivity index (χ4n) is 4.90. The second-order valence-corrected chi connectivity index (χ2v) is 11.6. The van der Waals surface area contributed by atoms with E-state index < -0.39 is 10.0 Å². The van der Waals surface area contributed by atoms with E-state index in [4.69, 9.17) is 15.2 Å². The molecule has 0 aliphatic carbocycles. The van der Waals surface area contributed by atoms with Crippen molar-refractivity contribution < 1.29 is 27.5 Å². The Morgan fingerprint density at radius 2 is 1.63 bits per heavy atom. The van der Waals surface area contributed by atoms with Crippen LogP contribution in [-0.4, -0.2) is 54.1 Å². The normalized spacial score (nSPS) is 14.0. The Bertz CT molecular complexity index is 1470. The zero-order chi connectivity index (χ0) is 29.4. The van der Waals surface area contributed by atoms with Crippen LogP contribution >= 0.6 is 0 Å². The number of methoxy groups -OCH3 is 2. The van der Waals surface area contributed by atoms with Crippen LogP contribution in [-0.2, 0) is 32.5 Å². The van der Waals surface area contributed by atoms with E-state index in [1.54, 1.807) is 32.4 Å². The van der Waals surface area contributed by atoms with Gasteiger partial charge in [0.2, 0.25) is 21.8 Å². The lowest BCUT2D eigenvalue weighted by atomic mass is 9.96. The Kier molecular flexibility index (Phi) is 9.85. The molecule has 0 saturated carbocycles. The molecule has 0 atom stereocenters. The standard InChI is InChI=1S/C30H36N4O6S/c1-39-26-11-8-22(18-27(26)40-2)12-15-32-41(37,38)28-20-24(33-29(35)19-21-6-4-3-5-7-21)9-10-25(28)34-16-13-23(14-17-34)30(31)36/h3-11,18,20,23,32H,12-17,19H2,1-2H3,(H2,31,36)(H,33,35). The third kappa shape index (κ3) is 7.77. The summed E-state index contributed by atoms with van der Waals surface area (Å²) in [5, 5.41) is 2.82. The highest BCUT2D eigenvalue weighted by atomic mass is 32.2. The van der Waals surface area contributed by atoms with Crippen molar-refractivity contribution in [2.45, 2.75) is 30.6 Å². The molecule has 3 aromatic rings. The van der Waals surface area contributed by atoms with Crippen molar-refractivity contribution in [2.75, 3.05) is 44.1 Å². The first kappa shape index (κ1) is 29.9. The van der Waals surface area contributed by atoms with Gasteiger partial charge in [0, 0.05) is 31.2 Å². The molecule has 2 amide bonds. The zero-order valence-electron chi connectivity index (χ0n) is 23.3. The van der Waals surface area contributed by atoms with E-state index in [2.05, 4.69) is 10.0 Å². The lowest BCUT2D eigenvalue weighted by Crippen LogP contribution is -2.39. The second-order valence-electron chi connectivity index (χ2n) is 9.89. The number of amides is 2. The minimum Gasteiger partial charge on any atom is -0.493 e. The minimum absolute atomic E-state index is 0.0554. The van der Waals surface area contributed by atoms with E-state index in [9.17, 15) is 18.0 Å². The minimum atomic E-state index is -3.98. The SMILES string of the molecule is COc1ccc(CCNS(=O)(=O)c2cc(NC(=O)Cc3ccccc3)ccc2N2CCC(C(N)=O)CC2)cc1OC. The fourth-order valence-corrected chi connectivity index (χ4v) is 6.18. The number of rotatable bonds is 12. The van der Waals surface area contributed by atoms with Gasteiger partial charge in [-0.05, 0) is 60.7 Å². The van der Waals surface area contributed by atoms with E-state index in [0.717, 1.165) is 11.1 Å². The lowest BCUT2D eigenvalue weighted by molar-refractivity contribution is -0.122. The van der Waals surface area contributed by atoms with Crippen LogP contribution in [0.25, 0.3) is 0 Å². The van der Waals surface area contributed by atoms with Crippen LogP contribution in [0, 0.1) is 5.92 Å². The maximum atomic E-state index is 13.6. The Morgan fingerprint density at radius 3 is 2.29 bits per heavy atom. The number of nitrogens with one attached hydrogen (secondary N) is 2. The molecule has 0 unspecified atom stereocenters. The molecule has 0 aromatic heterocycles. The van der Waals surface area contributed by atoms with Gasteiger partial charge in [0.25, 0.3) is 0 Å². The van der Waals surface area contributed by atoms with Gasteiger partial charge in [-0.1, -0.05) is 36.4 Å². The summed E-state index contributed by atoms with van der Waals surface area (Å²) in [6.07, 6.45) is 1.66. The summed E-state index contributed by atoms with van der Waals surface area (Å²) in [5.41, 5.74) is 8.10. The first-order valence-electron chi connectivity index (χ1n) is 13.4. The predicted octanol–water partition coefficient (Wildman–Crippen LogP) is 3.11. The van der Waals surface area contributed by atoms with E-state index in [-0.39, 0.29) is 35.6 Å². The highest BCUT2D eigenvalue weighted by Gasteiger charge is 2.28. The smallest absolute Gasteiger partial charge is 0.242 e. The highest BCUT2D eigenvalue weighted by Crippen LogP contribution is 2.32. The molecule has 1 aliphatic rings. The highest BCUT2D eigenvalue weighted by molar-refractivity contribution is 7.89. The summed E-state index contributed by atoms with van der Waals surface area (Å²) in [5.74, 6) is 0.324. The largest absolute Gasteiger partial charge is 0.493 e. The Labute approximate surface area is 240 Å². The van der Waals surface area contributed by atoms with Crippen molar-refractivity contribution in [1.29, 1.82) is 0 Å². The number of hydrogen-bond donors (Lipinski definition) is 3. The average molecular weight is 581 g/mol. The van der Waals surface area contributed by atoms with E-state index in [0.29, 0.717) is 55.2 Å².